The van der Waals surface area contributed by atoms with Gasteiger partial charge in [0.2, 0.25) is 5.54 Å². The van der Waals surface area contributed by atoms with E-state index < -0.39 is 35.0 Å². The van der Waals surface area contributed by atoms with Crippen molar-refractivity contribution in [1.82, 2.24) is 15.2 Å². The van der Waals surface area contributed by atoms with Crippen molar-refractivity contribution < 1.29 is 37.0 Å². The van der Waals surface area contributed by atoms with Crippen LogP contribution in [0.5, 0.6) is 11.6 Å². The quantitative estimate of drug-likeness (QED) is 0.318. The van der Waals surface area contributed by atoms with Crippen molar-refractivity contribution in [3.63, 3.8) is 0 Å². The summed E-state index contributed by atoms with van der Waals surface area (Å²) in [4.78, 5) is 24.4. The van der Waals surface area contributed by atoms with E-state index in [1.807, 2.05) is 5.32 Å². The molecule has 0 radical (unpaired) electrons. The number of hydrogen-bond acceptors (Lipinski definition) is 4. The van der Waals surface area contributed by atoms with Gasteiger partial charge in [0.1, 0.15) is 11.6 Å². The molecule has 0 spiro atoms. The predicted molar refractivity (Wildman–Crippen MR) is 108 cm³/mol. The molecule has 1 saturated heterocycles. The Balaban J connectivity index is 1.76. The molecule has 2 aromatic carbocycles. The number of benzene rings is 2. The molecule has 0 aliphatic carbocycles. The Kier molecular flexibility index (Phi) is 5.16. The zero-order valence-corrected chi connectivity index (χ0v) is 16.9. The summed E-state index contributed by atoms with van der Waals surface area (Å²) >= 11 is 0. The maximum absolute atomic E-state index is 13.6. The molecule has 4 rings (SSSR count). The van der Waals surface area contributed by atoms with Gasteiger partial charge < -0.3 is 19.7 Å². The number of amides is 3. The van der Waals surface area contributed by atoms with Gasteiger partial charge in [-0.1, -0.05) is 11.8 Å². The predicted octanol–water partition coefficient (Wildman–Crippen LogP) is 3.14. The van der Waals surface area contributed by atoms with E-state index in [0.29, 0.717) is 28.7 Å². The molecule has 170 valence electrons. The van der Waals surface area contributed by atoms with Crippen LogP contribution in [0.15, 0.2) is 42.6 Å². The molecule has 0 bridgehead atoms. The molecule has 0 saturated carbocycles. The lowest BCUT2D eigenvalue weighted by atomic mass is 9.99. The van der Waals surface area contributed by atoms with Crippen LogP contribution in [-0.4, -0.2) is 34.3 Å². The van der Waals surface area contributed by atoms with Gasteiger partial charge in [-0.15, -0.1) is 0 Å². The Morgan fingerprint density at radius 2 is 1.94 bits per heavy atom. The third-order valence-electron chi connectivity index (χ3n) is 5.11. The summed E-state index contributed by atoms with van der Waals surface area (Å²) in [6.07, 6.45) is -3.42. The molecular formula is C22H15F4N3O4. The number of urea groups is 1. The van der Waals surface area contributed by atoms with E-state index in [1.165, 1.54) is 17.9 Å². The van der Waals surface area contributed by atoms with Crippen LogP contribution < -0.4 is 15.4 Å². The summed E-state index contributed by atoms with van der Waals surface area (Å²) in [5, 5.41) is 16.0. The molecule has 0 unspecified atom stereocenters. The molecule has 3 amide bonds. The van der Waals surface area contributed by atoms with E-state index in [1.54, 1.807) is 18.2 Å². The number of carbonyl (C=O) groups is 2. The van der Waals surface area contributed by atoms with Gasteiger partial charge in [-0.05, 0) is 36.4 Å². The van der Waals surface area contributed by atoms with Crippen molar-refractivity contribution in [2.75, 3.05) is 7.11 Å². The van der Waals surface area contributed by atoms with E-state index in [0.717, 1.165) is 6.07 Å². The zero-order valence-electron chi connectivity index (χ0n) is 16.9. The molecule has 1 aromatic heterocycles. The van der Waals surface area contributed by atoms with Crippen LogP contribution in [-0.2, 0) is 17.5 Å². The lowest BCUT2D eigenvalue weighted by Crippen LogP contribution is -2.49. The smallest absolute Gasteiger partial charge is 0.419 e. The van der Waals surface area contributed by atoms with Crippen LogP contribution in [0.4, 0.5) is 22.4 Å². The van der Waals surface area contributed by atoms with Gasteiger partial charge in [-0.3, -0.25) is 10.1 Å². The molecule has 33 heavy (non-hydrogen) atoms. The van der Waals surface area contributed by atoms with Crippen molar-refractivity contribution in [2.45, 2.75) is 18.3 Å². The number of carbonyl (C=O) groups excluding carboxylic acids is 2. The monoisotopic (exact) mass is 461 g/mol. The summed E-state index contributed by atoms with van der Waals surface area (Å²) in [6.45, 7) is -0.353. The number of rotatable bonds is 3. The minimum absolute atomic E-state index is 0.219. The Bertz CT molecular complexity index is 1350. The van der Waals surface area contributed by atoms with Gasteiger partial charge in [-0.2, -0.15) is 13.2 Å². The second kappa shape index (κ2) is 7.74. The summed E-state index contributed by atoms with van der Waals surface area (Å²) in [6, 6.07) is 6.20. The number of ether oxygens (including phenoxy) is 1. The maximum atomic E-state index is 13.6. The van der Waals surface area contributed by atoms with Gasteiger partial charge in [0.25, 0.3) is 5.91 Å². The number of imide groups is 1. The number of aromatic nitrogens is 1. The number of nitrogens with zero attached hydrogens (tertiary/aromatic N) is 1. The molecular weight excluding hydrogens is 446 g/mol. The number of aromatic hydroxyl groups is 1. The van der Waals surface area contributed by atoms with Crippen molar-refractivity contribution in [2.24, 2.45) is 0 Å². The summed E-state index contributed by atoms with van der Waals surface area (Å²) in [5.74, 6) is 2.82. The second-order valence-electron chi connectivity index (χ2n) is 7.29. The molecule has 11 heteroatoms. The van der Waals surface area contributed by atoms with Crippen LogP contribution >= 0.6 is 0 Å². The lowest BCUT2D eigenvalue weighted by molar-refractivity contribution is -0.140. The summed E-state index contributed by atoms with van der Waals surface area (Å²) < 4.78 is 58.9. The van der Waals surface area contributed by atoms with E-state index in [2.05, 4.69) is 17.2 Å². The van der Waals surface area contributed by atoms with Crippen molar-refractivity contribution in [3.05, 3.63) is 59.5 Å². The third-order valence-corrected chi connectivity index (χ3v) is 5.11. The maximum Gasteiger partial charge on any atom is 0.419 e. The first-order valence-electron chi connectivity index (χ1n) is 9.42. The number of alkyl halides is 3. The standard InChI is InChI=1S/C22H15F4N3O4/c1-33-14-4-3-13-10-29(18(30)15(13)9-14)11-21(19(31)27-20(32)28-21)7-6-12-2-5-17(23)16(8-12)22(24,25)26/h2-5,8-10,30H,11H2,1H3,(H2,27,28,31,32)/t21-/m1/s1. The van der Waals surface area contributed by atoms with Gasteiger partial charge in [-0.25, -0.2) is 9.18 Å². The highest BCUT2D eigenvalue weighted by molar-refractivity contribution is 6.09. The minimum Gasteiger partial charge on any atom is -0.497 e. The fourth-order valence-electron chi connectivity index (χ4n) is 3.46. The molecule has 2 heterocycles. The normalized spacial score (nSPS) is 18.0. The van der Waals surface area contributed by atoms with E-state index >= 15 is 0 Å². The second-order valence-corrected chi connectivity index (χ2v) is 7.29. The van der Waals surface area contributed by atoms with Crippen LogP contribution in [0.25, 0.3) is 10.8 Å². The number of halogens is 4. The summed E-state index contributed by atoms with van der Waals surface area (Å²) in [7, 11) is 1.46. The number of hydrogen-bond donors (Lipinski definition) is 3. The van der Waals surface area contributed by atoms with E-state index in [-0.39, 0.29) is 18.0 Å². The summed E-state index contributed by atoms with van der Waals surface area (Å²) in [5.41, 5.74) is -3.63. The van der Waals surface area contributed by atoms with Gasteiger partial charge in [0.05, 0.1) is 19.2 Å². The van der Waals surface area contributed by atoms with Crippen LogP contribution in [0.3, 0.4) is 0 Å². The average Bonchev–Trinajstić information content (AvgIpc) is 3.21. The first kappa shape index (κ1) is 22.0. The first-order valence-corrected chi connectivity index (χ1v) is 9.42. The Labute approximate surface area is 183 Å². The zero-order chi connectivity index (χ0) is 24.0. The van der Waals surface area contributed by atoms with E-state index in [9.17, 15) is 32.3 Å². The topological polar surface area (TPSA) is 92.6 Å². The molecule has 3 N–H and O–H groups in total. The molecule has 1 atom stereocenters. The number of methoxy groups -OCH3 is 1. The van der Waals surface area contributed by atoms with E-state index in [4.69, 9.17) is 4.74 Å². The van der Waals surface area contributed by atoms with Crippen molar-refractivity contribution in [1.29, 1.82) is 0 Å². The van der Waals surface area contributed by atoms with Gasteiger partial charge >= 0.3 is 12.2 Å². The molecule has 1 aliphatic heterocycles. The Morgan fingerprint density at radius 3 is 2.58 bits per heavy atom. The Hall–Kier alpha value is -4.20. The van der Waals surface area contributed by atoms with Crippen LogP contribution in [0.1, 0.15) is 11.1 Å². The highest BCUT2D eigenvalue weighted by Gasteiger charge is 2.46. The molecule has 3 aromatic rings. The highest BCUT2D eigenvalue weighted by atomic mass is 19.4. The molecule has 1 aliphatic rings. The highest BCUT2D eigenvalue weighted by Crippen LogP contribution is 2.33. The number of nitrogens with one attached hydrogen (secondary N) is 2. The average molecular weight is 461 g/mol. The van der Waals surface area contributed by atoms with Crippen molar-refractivity contribution >= 4 is 22.7 Å². The molecule has 1 fully saturated rings. The SMILES string of the molecule is COc1ccc2cn(C[C@@]3(C#Cc4ccc(F)c(C(F)(F)F)c4)NC(=O)NC3=O)c(O)c2c1. The van der Waals surface area contributed by atoms with Crippen LogP contribution in [0.2, 0.25) is 0 Å². The number of fused-ring (bicyclic) bond motifs is 1. The lowest BCUT2D eigenvalue weighted by Gasteiger charge is -2.20. The largest absolute Gasteiger partial charge is 0.497 e. The van der Waals surface area contributed by atoms with Crippen molar-refractivity contribution in [3.8, 4) is 23.5 Å². The Morgan fingerprint density at radius 1 is 1.18 bits per heavy atom. The van der Waals surface area contributed by atoms with Gasteiger partial charge in [0.15, 0.2) is 5.88 Å². The fraction of sp³-hybridized carbons (Fsp3) is 0.182. The minimum atomic E-state index is -4.93. The molecule has 7 nitrogen and oxygen atoms in total. The fourth-order valence-corrected chi connectivity index (χ4v) is 3.46. The third kappa shape index (κ3) is 4.03. The van der Waals surface area contributed by atoms with Gasteiger partial charge in [0, 0.05) is 22.5 Å². The van der Waals surface area contributed by atoms with Crippen LogP contribution in [0, 0.1) is 17.7 Å². The first-order chi connectivity index (χ1) is 15.5.